The molecule has 0 unspecified atom stereocenters. The third-order valence-electron chi connectivity index (χ3n) is 3.32. The topological polar surface area (TPSA) is 72.2 Å². The van der Waals surface area contributed by atoms with Gasteiger partial charge >= 0.3 is 0 Å². The molecule has 0 saturated heterocycles. The first-order valence-corrected chi connectivity index (χ1v) is 6.60. The molecule has 0 saturated carbocycles. The van der Waals surface area contributed by atoms with Crippen molar-refractivity contribution in [3.05, 3.63) is 75.3 Å². The number of nitrogens with zero attached hydrogens (tertiary/aromatic N) is 1. The minimum atomic E-state index is -0.479. The Labute approximate surface area is 122 Å². The molecule has 0 aliphatic heterocycles. The van der Waals surface area contributed by atoms with Gasteiger partial charge in [-0.2, -0.15) is 0 Å². The average Bonchev–Trinajstić information content (AvgIpc) is 2.48. The molecule has 2 rings (SSSR count). The van der Waals surface area contributed by atoms with Crippen LogP contribution < -0.4 is 5.32 Å². The smallest absolute Gasteiger partial charge is 0.273 e. The van der Waals surface area contributed by atoms with E-state index in [0.717, 1.165) is 5.56 Å². The molecule has 2 aromatic carbocycles. The molecule has 21 heavy (non-hydrogen) atoms. The molecule has 108 valence electrons. The fourth-order valence-electron chi connectivity index (χ4n) is 2.05. The number of carbonyl (C=O) groups excluding carboxylic acids is 1. The first kappa shape index (κ1) is 14.7. The summed E-state index contributed by atoms with van der Waals surface area (Å²) in [4.78, 5) is 22.6. The van der Waals surface area contributed by atoms with E-state index < -0.39 is 4.92 Å². The minimum absolute atomic E-state index is 0.0463. The summed E-state index contributed by atoms with van der Waals surface area (Å²) < 4.78 is 0. The summed E-state index contributed by atoms with van der Waals surface area (Å²) >= 11 is 0. The van der Waals surface area contributed by atoms with E-state index in [2.05, 4.69) is 5.32 Å². The van der Waals surface area contributed by atoms with E-state index in [0.29, 0.717) is 5.56 Å². The first-order chi connectivity index (χ1) is 9.99. The summed E-state index contributed by atoms with van der Waals surface area (Å²) in [5, 5.41) is 13.8. The summed E-state index contributed by atoms with van der Waals surface area (Å²) in [6.45, 7) is 3.52. The predicted molar refractivity (Wildman–Crippen MR) is 80.2 cm³/mol. The molecule has 0 fully saturated rings. The Hall–Kier alpha value is -2.69. The largest absolute Gasteiger partial charge is 0.346 e. The van der Waals surface area contributed by atoms with Crippen molar-refractivity contribution in [1.29, 1.82) is 0 Å². The predicted octanol–water partition coefficient (Wildman–Crippen LogP) is 3.39. The highest BCUT2D eigenvalue weighted by atomic mass is 16.6. The van der Waals surface area contributed by atoms with E-state index >= 15 is 0 Å². The van der Waals surface area contributed by atoms with Gasteiger partial charge in [0.2, 0.25) is 0 Å². The minimum Gasteiger partial charge on any atom is -0.346 e. The Morgan fingerprint density at radius 1 is 1.19 bits per heavy atom. The van der Waals surface area contributed by atoms with E-state index in [-0.39, 0.29) is 23.2 Å². The van der Waals surface area contributed by atoms with Gasteiger partial charge in [0.25, 0.3) is 11.6 Å². The summed E-state index contributed by atoms with van der Waals surface area (Å²) in [5.74, 6) is -0.325. The van der Waals surface area contributed by atoms with Gasteiger partial charge in [-0.3, -0.25) is 14.9 Å². The lowest BCUT2D eigenvalue weighted by atomic mass is 10.1. The van der Waals surface area contributed by atoms with Crippen molar-refractivity contribution in [1.82, 2.24) is 5.32 Å². The highest BCUT2D eigenvalue weighted by Crippen LogP contribution is 2.20. The van der Waals surface area contributed by atoms with E-state index in [1.807, 2.05) is 37.3 Å². The number of carbonyl (C=O) groups is 1. The van der Waals surface area contributed by atoms with Crippen LogP contribution in [0.1, 0.15) is 34.5 Å². The molecule has 0 aliphatic carbocycles. The van der Waals surface area contributed by atoms with Crippen molar-refractivity contribution >= 4 is 11.6 Å². The van der Waals surface area contributed by atoms with Crippen LogP contribution in [0.2, 0.25) is 0 Å². The summed E-state index contributed by atoms with van der Waals surface area (Å²) in [6, 6.07) is 13.9. The highest BCUT2D eigenvalue weighted by molar-refractivity contribution is 5.95. The lowest BCUT2D eigenvalue weighted by Gasteiger charge is -2.14. The number of rotatable bonds is 4. The van der Waals surface area contributed by atoms with Gasteiger partial charge < -0.3 is 5.32 Å². The number of hydrogen-bond acceptors (Lipinski definition) is 3. The second kappa shape index (κ2) is 6.17. The van der Waals surface area contributed by atoms with Gasteiger partial charge in [0, 0.05) is 17.2 Å². The first-order valence-electron chi connectivity index (χ1n) is 6.60. The van der Waals surface area contributed by atoms with Crippen LogP contribution in [0.3, 0.4) is 0 Å². The Kier molecular flexibility index (Phi) is 4.33. The lowest BCUT2D eigenvalue weighted by molar-refractivity contribution is -0.385. The number of aryl methyl sites for hydroxylation is 1. The van der Waals surface area contributed by atoms with Crippen LogP contribution in [0.15, 0.2) is 48.5 Å². The number of nitrogens with one attached hydrogen (secondary N) is 1. The van der Waals surface area contributed by atoms with Gasteiger partial charge in [-0.15, -0.1) is 0 Å². The Bertz CT molecular complexity index is 668. The number of nitro benzene ring substituents is 1. The van der Waals surface area contributed by atoms with Gasteiger partial charge in [0.15, 0.2) is 0 Å². The zero-order chi connectivity index (χ0) is 15.4. The zero-order valence-corrected chi connectivity index (χ0v) is 11.9. The van der Waals surface area contributed by atoms with Crippen LogP contribution >= 0.6 is 0 Å². The van der Waals surface area contributed by atoms with Gasteiger partial charge in [-0.1, -0.05) is 36.4 Å². The normalized spacial score (nSPS) is 11.7. The maximum absolute atomic E-state index is 12.2. The van der Waals surface area contributed by atoms with E-state index in [4.69, 9.17) is 0 Å². The molecule has 0 spiro atoms. The summed E-state index contributed by atoms with van der Waals surface area (Å²) in [5.41, 5.74) is 1.75. The fraction of sp³-hybridized carbons (Fsp3) is 0.188. The second-order valence-corrected chi connectivity index (χ2v) is 4.86. The van der Waals surface area contributed by atoms with E-state index in [1.54, 1.807) is 19.1 Å². The van der Waals surface area contributed by atoms with Gasteiger partial charge in [-0.05, 0) is 25.5 Å². The summed E-state index contributed by atoms with van der Waals surface area (Å²) in [6.07, 6.45) is 0. The number of amides is 1. The van der Waals surface area contributed by atoms with E-state index in [9.17, 15) is 14.9 Å². The molecule has 2 aromatic rings. The van der Waals surface area contributed by atoms with Crippen LogP contribution in [0, 0.1) is 17.0 Å². The maximum Gasteiger partial charge on any atom is 0.273 e. The van der Waals surface area contributed by atoms with Crippen LogP contribution in [-0.2, 0) is 0 Å². The molecule has 1 N–H and O–H groups in total. The molecule has 0 heterocycles. The Morgan fingerprint density at radius 3 is 2.48 bits per heavy atom. The molecule has 0 aliphatic rings. The van der Waals surface area contributed by atoms with Crippen molar-refractivity contribution in [3.63, 3.8) is 0 Å². The molecule has 0 aromatic heterocycles. The highest BCUT2D eigenvalue weighted by Gasteiger charge is 2.16. The van der Waals surface area contributed by atoms with Crippen LogP contribution in [0.5, 0.6) is 0 Å². The molecule has 5 nitrogen and oxygen atoms in total. The van der Waals surface area contributed by atoms with Crippen LogP contribution in [0.4, 0.5) is 5.69 Å². The third kappa shape index (κ3) is 3.45. The average molecular weight is 284 g/mol. The van der Waals surface area contributed by atoms with Crippen LogP contribution in [0.25, 0.3) is 0 Å². The zero-order valence-electron chi connectivity index (χ0n) is 11.9. The quantitative estimate of drug-likeness (QED) is 0.691. The SMILES string of the molecule is Cc1ccc(C(=O)N[C@@H](C)c2ccccc2)cc1[N+](=O)[O-]. The van der Waals surface area contributed by atoms with E-state index in [1.165, 1.54) is 6.07 Å². The van der Waals surface area contributed by atoms with Gasteiger partial charge in [0.05, 0.1) is 11.0 Å². The maximum atomic E-state index is 12.2. The molecule has 0 radical (unpaired) electrons. The summed E-state index contributed by atoms with van der Waals surface area (Å²) in [7, 11) is 0. The van der Waals surface area contributed by atoms with Crippen molar-refractivity contribution in [2.75, 3.05) is 0 Å². The van der Waals surface area contributed by atoms with Gasteiger partial charge in [0.1, 0.15) is 0 Å². The molecule has 1 atom stereocenters. The standard InChI is InChI=1S/C16H16N2O3/c1-11-8-9-14(10-15(11)18(20)21)16(19)17-12(2)13-6-4-3-5-7-13/h3-10,12H,1-2H3,(H,17,19)/t12-/m0/s1. The number of hydrogen-bond donors (Lipinski definition) is 1. The van der Waals surface area contributed by atoms with Crippen LogP contribution in [-0.4, -0.2) is 10.8 Å². The van der Waals surface area contributed by atoms with Gasteiger partial charge in [-0.25, -0.2) is 0 Å². The van der Waals surface area contributed by atoms with Crippen molar-refractivity contribution in [2.45, 2.75) is 19.9 Å². The monoisotopic (exact) mass is 284 g/mol. The molecule has 0 bridgehead atoms. The fourth-order valence-corrected chi connectivity index (χ4v) is 2.05. The third-order valence-corrected chi connectivity index (χ3v) is 3.32. The Balaban J connectivity index is 2.17. The molecular weight excluding hydrogens is 268 g/mol. The molecule has 5 heteroatoms. The lowest BCUT2D eigenvalue weighted by Crippen LogP contribution is -2.26. The number of benzene rings is 2. The van der Waals surface area contributed by atoms with Crippen molar-refractivity contribution in [2.24, 2.45) is 0 Å². The molecule has 1 amide bonds. The second-order valence-electron chi connectivity index (χ2n) is 4.86. The van der Waals surface area contributed by atoms with Crippen molar-refractivity contribution < 1.29 is 9.72 Å². The van der Waals surface area contributed by atoms with Crippen molar-refractivity contribution in [3.8, 4) is 0 Å². The number of nitro groups is 1. The molecular formula is C16H16N2O3. The Morgan fingerprint density at radius 2 is 1.86 bits per heavy atom.